The highest BCUT2D eigenvalue weighted by Crippen LogP contribution is 2.17. The zero-order valence-electron chi connectivity index (χ0n) is 17.1. The van der Waals surface area contributed by atoms with Gasteiger partial charge in [-0.2, -0.15) is 0 Å². The van der Waals surface area contributed by atoms with E-state index >= 15 is 0 Å². The summed E-state index contributed by atoms with van der Waals surface area (Å²) < 4.78 is 27.8. The Hall–Kier alpha value is -2.47. The van der Waals surface area contributed by atoms with Crippen LogP contribution in [0.5, 0.6) is 0 Å². The quantitative estimate of drug-likeness (QED) is 0.398. The summed E-state index contributed by atoms with van der Waals surface area (Å²) in [4.78, 5) is 20.1. The van der Waals surface area contributed by atoms with Crippen molar-refractivity contribution in [3.63, 3.8) is 0 Å². The normalized spacial score (nSPS) is 12.0. The number of carbonyl (C=O) groups is 1. The maximum absolute atomic E-state index is 12.4. The summed E-state index contributed by atoms with van der Waals surface area (Å²) >= 11 is 5.79. The average Bonchev–Trinajstić information content (AvgIpc) is 2.64. The van der Waals surface area contributed by atoms with Crippen LogP contribution in [0.15, 0.2) is 29.2 Å². The van der Waals surface area contributed by atoms with Gasteiger partial charge in [0.15, 0.2) is 22.5 Å². The number of nitrogens with two attached hydrogens (primary N) is 2. The van der Waals surface area contributed by atoms with Crippen LogP contribution in [-0.4, -0.2) is 69.1 Å². The molecule has 0 atom stereocenters. The smallest absolute Gasteiger partial charge is 0.273 e. The first-order chi connectivity index (χ1) is 13.9. The molecular formula is C18H27ClN7O3S+. The predicted molar refractivity (Wildman–Crippen MR) is 116 cm³/mol. The molecule has 6 N–H and O–H groups in total. The molecule has 0 spiro atoms. The van der Waals surface area contributed by atoms with Crippen LogP contribution in [0.4, 0.5) is 11.6 Å². The fourth-order valence-corrected chi connectivity index (χ4v) is 3.71. The number of carbonyl (C=O) groups excluding carboxylic acids is 1. The molecule has 1 aromatic carbocycles. The van der Waals surface area contributed by atoms with Gasteiger partial charge in [0.05, 0.1) is 45.2 Å². The second-order valence-corrected chi connectivity index (χ2v) is 9.61. The largest absolute Gasteiger partial charge is 0.382 e. The molecule has 0 radical (unpaired) electrons. The van der Waals surface area contributed by atoms with Crippen LogP contribution in [0.1, 0.15) is 16.1 Å². The molecule has 0 aliphatic heterocycles. The molecule has 2 rings (SSSR count). The number of benzene rings is 1. The van der Waals surface area contributed by atoms with Crippen LogP contribution < -0.4 is 21.5 Å². The molecule has 0 unspecified atom stereocenters. The summed E-state index contributed by atoms with van der Waals surface area (Å²) in [6.45, 7) is 3.54. The van der Waals surface area contributed by atoms with Crippen LogP contribution >= 0.6 is 11.6 Å². The van der Waals surface area contributed by atoms with Crippen molar-refractivity contribution in [2.75, 3.05) is 51.7 Å². The van der Waals surface area contributed by atoms with Crippen molar-refractivity contribution in [3.05, 3.63) is 40.7 Å². The maximum atomic E-state index is 12.4. The highest BCUT2D eigenvalue weighted by atomic mass is 35.5. The number of nitrogen functional groups attached to an aromatic ring is 2. The van der Waals surface area contributed by atoms with Crippen molar-refractivity contribution in [2.24, 2.45) is 0 Å². The Labute approximate surface area is 181 Å². The van der Waals surface area contributed by atoms with Crippen LogP contribution in [0.25, 0.3) is 0 Å². The van der Waals surface area contributed by atoms with Gasteiger partial charge in [0, 0.05) is 0 Å². The third kappa shape index (κ3) is 6.52. The summed E-state index contributed by atoms with van der Waals surface area (Å²) in [6, 6.07) is 6.65. The van der Waals surface area contributed by atoms with E-state index in [2.05, 4.69) is 20.0 Å². The van der Waals surface area contributed by atoms with E-state index in [9.17, 15) is 13.2 Å². The van der Waals surface area contributed by atoms with Gasteiger partial charge in [-0.05, 0) is 19.1 Å². The molecule has 1 amide bonds. The molecule has 30 heavy (non-hydrogen) atoms. The Morgan fingerprint density at radius 2 is 1.67 bits per heavy atom. The van der Waals surface area contributed by atoms with Crippen molar-refractivity contribution in [1.29, 1.82) is 0 Å². The summed E-state index contributed by atoms with van der Waals surface area (Å²) in [5.41, 5.74) is 12.1. The average molecular weight is 457 g/mol. The number of nitrogens with zero attached hydrogens (tertiary/aromatic N) is 3. The summed E-state index contributed by atoms with van der Waals surface area (Å²) in [6.07, 6.45) is 0. The molecule has 0 saturated heterocycles. The Morgan fingerprint density at radius 1 is 1.07 bits per heavy atom. The maximum Gasteiger partial charge on any atom is 0.273 e. The molecule has 0 aliphatic rings. The number of rotatable bonds is 9. The molecular weight excluding hydrogens is 430 g/mol. The minimum Gasteiger partial charge on any atom is -0.382 e. The van der Waals surface area contributed by atoms with Gasteiger partial charge < -0.3 is 21.3 Å². The number of anilines is 2. The van der Waals surface area contributed by atoms with Crippen molar-refractivity contribution in [3.8, 4) is 0 Å². The topological polar surface area (TPSA) is 153 Å². The number of sulfonamides is 1. The third-order valence-corrected chi connectivity index (χ3v) is 6.22. The van der Waals surface area contributed by atoms with E-state index in [4.69, 9.17) is 23.1 Å². The Balaban J connectivity index is 1.83. The van der Waals surface area contributed by atoms with Crippen molar-refractivity contribution >= 4 is 39.2 Å². The van der Waals surface area contributed by atoms with Gasteiger partial charge in [0.1, 0.15) is 0 Å². The number of aryl methyl sites for hydroxylation is 1. The van der Waals surface area contributed by atoms with Gasteiger partial charge in [-0.25, -0.2) is 23.1 Å². The number of hydrogen-bond acceptors (Lipinski definition) is 7. The number of quaternary nitrogens is 1. The first kappa shape index (κ1) is 23.8. The molecule has 164 valence electrons. The number of nitrogens with one attached hydrogen (secondary N) is 2. The van der Waals surface area contributed by atoms with Crippen LogP contribution in [0.2, 0.25) is 5.15 Å². The lowest BCUT2D eigenvalue weighted by Gasteiger charge is -2.29. The SMILES string of the molecule is Cc1ccc(S(=O)(=O)NCC[N+](C)(C)CCNC(=O)c2nc(Cl)c(N)nc2N)cc1. The van der Waals surface area contributed by atoms with E-state index in [1.165, 1.54) is 0 Å². The van der Waals surface area contributed by atoms with Crippen LogP contribution in [-0.2, 0) is 10.0 Å². The second-order valence-electron chi connectivity index (χ2n) is 7.48. The Kier molecular flexibility index (Phi) is 7.59. The summed E-state index contributed by atoms with van der Waals surface area (Å²) in [5.74, 6) is -0.660. The van der Waals surface area contributed by atoms with E-state index < -0.39 is 15.9 Å². The van der Waals surface area contributed by atoms with Gasteiger partial charge in [0.2, 0.25) is 10.0 Å². The lowest BCUT2D eigenvalue weighted by Crippen LogP contribution is -2.49. The number of amides is 1. The molecule has 0 saturated carbocycles. The lowest BCUT2D eigenvalue weighted by atomic mass is 10.2. The molecule has 1 aromatic heterocycles. The third-order valence-electron chi connectivity index (χ3n) is 4.46. The number of aromatic nitrogens is 2. The molecule has 0 fully saturated rings. The minimum atomic E-state index is -3.56. The van der Waals surface area contributed by atoms with E-state index in [1.54, 1.807) is 24.3 Å². The van der Waals surface area contributed by atoms with Gasteiger partial charge in [-0.3, -0.25) is 4.79 Å². The van der Waals surface area contributed by atoms with Gasteiger partial charge >= 0.3 is 0 Å². The zero-order valence-corrected chi connectivity index (χ0v) is 18.7. The first-order valence-electron chi connectivity index (χ1n) is 9.16. The molecule has 10 nitrogen and oxygen atoms in total. The van der Waals surface area contributed by atoms with E-state index in [1.807, 2.05) is 21.0 Å². The van der Waals surface area contributed by atoms with E-state index in [0.717, 1.165) is 5.56 Å². The second kappa shape index (κ2) is 9.56. The van der Waals surface area contributed by atoms with Crippen molar-refractivity contribution < 1.29 is 17.7 Å². The van der Waals surface area contributed by atoms with E-state index in [-0.39, 0.29) is 33.9 Å². The predicted octanol–water partition coefficient (Wildman–Crippen LogP) is 0.388. The fourth-order valence-electron chi connectivity index (χ4n) is 2.56. The van der Waals surface area contributed by atoms with Gasteiger partial charge in [-0.1, -0.05) is 29.3 Å². The summed E-state index contributed by atoms with van der Waals surface area (Å²) in [5, 5.41) is 2.61. The molecule has 2 aromatic rings. The molecule has 0 aliphatic carbocycles. The van der Waals surface area contributed by atoms with Crippen LogP contribution in [0, 0.1) is 6.92 Å². The molecule has 0 bridgehead atoms. The number of hydrogen-bond donors (Lipinski definition) is 4. The zero-order chi connectivity index (χ0) is 22.5. The lowest BCUT2D eigenvalue weighted by molar-refractivity contribution is -0.887. The van der Waals surface area contributed by atoms with Crippen molar-refractivity contribution in [1.82, 2.24) is 20.0 Å². The highest BCUT2D eigenvalue weighted by Gasteiger charge is 2.20. The molecule has 12 heteroatoms. The minimum absolute atomic E-state index is 0.0448. The highest BCUT2D eigenvalue weighted by molar-refractivity contribution is 7.89. The number of halogens is 1. The van der Waals surface area contributed by atoms with Crippen LogP contribution in [0.3, 0.4) is 0 Å². The van der Waals surface area contributed by atoms with E-state index in [0.29, 0.717) is 24.1 Å². The Morgan fingerprint density at radius 3 is 2.30 bits per heavy atom. The van der Waals surface area contributed by atoms with Crippen molar-refractivity contribution in [2.45, 2.75) is 11.8 Å². The van der Waals surface area contributed by atoms with Gasteiger partial charge in [0.25, 0.3) is 5.91 Å². The standard InChI is InChI=1S/C18H26ClN7O3S/c1-12-4-6-13(7-5-12)30(28,29)23-9-11-26(2,3)10-8-22-18(27)14-16(20)25-17(21)15(19)24-14/h4-7,23H,8-11H2,1-3H3,(H4-,20,21,22,25,27)/p+1. The fraction of sp³-hybridized carbons (Fsp3) is 0.389. The number of likely N-dealkylation sites (N-methyl/N-ethyl adjacent to an activating group) is 1. The monoisotopic (exact) mass is 456 g/mol. The Bertz CT molecular complexity index is 1010. The molecule has 1 heterocycles. The first-order valence-corrected chi connectivity index (χ1v) is 11.0. The van der Waals surface area contributed by atoms with Gasteiger partial charge in [-0.15, -0.1) is 0 Å². The summed E-state index contributed by atoms with van der Waals surface area (Å²) in [7, 11) is 0.299.